The first kappa shape index (κ1) is 21.8. The molecule has 0 aliphatic heterocycles. The molecule has 0 aromatic carbocycles. The van der Waals surface area contributed by atoms with Crippen LogP contribution in [0.25, 0.3) is 23.0 Å². The monoisotopic (exact) mass is 460 g/mol. The second kappa shape index (κ2) is 9.75. The number of aromatic nitrogens is 6. The zero-order valence-electron chi connectivity index (χ0n) is 15.9. The second-order valence-corrected chi connectivity index (χ2v) is 7.24. The van der Waals surface area contributed by atoms with Crippen molar-refractivity contribution in [2.24, 2.45) is 0 Å². The van der Waals surface area contributed by atoms with Crippen LogP contribution in [0.15, 0.2) is 53.3 Å². The SMILES string of the molecule is Cc1cc(=O)[nH]c(-c2cccc(Cl)n2)n1.Cc1cc(Cl)nc(-c2cccc(Cl)n2)n1. The van der Waals surface area contributed by atoms with Gasteiger partial charge >= 0.3 is 0 Å². The first-order valence-electron chi connectivity index (χ1n) is 8.65. The van der Waals surface area contributed by atoms with Crippen LogP contribution in [0.3, 0.4) is 0 Å². The summed E-state index contributed by atoms with van der Waals surface area (Å²) in [4.78, 5) is 34.5. The van der Waals surface area contributed by atoms with E-state index in [2.05, 4.69) is 29.9 Å². The van der Waals surface area contributed by atoms with E-state index in [0.717, 1.165) is 5.69 Å². The number of nitrogens with zero attached hydrogens (tertiary/aromatic N) is 5. The van der Waals surface area contributed by atoms with Gasteiger partial charge in [0.05, 0.1) is 0 Å². The Morgan fingerprint density at radius 2 is 1.30 bits per heavy atom. The number of hydrogen-bond donors (Lipinski definition) is 1. The fourth-order valence-electron chi connectivity index (χ4n) is 2.42. The van der Waals surface area contributed by atoms with Gasteiger partial charge in [0.15, 0.2) is 11.6 Å². The Morgan fingerprint density at radius 3 is 1.90 bits per heavy atom. The van der Waals surface area contributed by atoms with Crippen molar-refractivity contribution < 1.29 is 0 Å². The lowest BCUT2D eigenvalue weighted by atomic mass is 10.3. The first-order chi connectivity index (χ1) is 14.3. The van der Waals surface area contributed by atoms with E-state index < -0.39 is 0 Å². The molecule has 30 heavy (non-hydrogen) atoms. The lowest BCUT2D eigenvalue weighted by Crippen LogP contribution is -2.09. The van der Waals surface area contributed by atoms with Crippen molar-refractivity contribution in [3.05, 3.63) is 85.7 Å². The van der Waals surface area contributed by atoms with E-state index in [1.165, 1.54) is 6.07 Å². The van der Waals surface area contributed by atoms with Gasteiger partial charge in [-0.2, -0.15) is 0 Å². The molecule has 0 aliphatic rings. The molecule has 4 aromatic rings. The zero-order chi connectivity index (χ0) is 21.7. The predicted molar refractivity (Wildman–Crippen MR) is 118 cm³/mol. The summed E-state index contributed by atoms with van der Waals surface area (Å²) in [5.74, 6) is 0.921. The quantitative estimate of drug-likeness (QED) is 0.335. The molecule has 0 fully saturated rings. The molecule has 0 amide bonds. The summed E-state index contributed by atoms with van der Waals surface area (Å²) in [6.45, 7) is 3.60. The molecule has 0 saturated carbocycles. The van der Waals surface area contributed by atoms with Gasteiger partial charge in [-0.25, -0.2) is 24.9 Å². The summed E-state index contributed by atoms with van der Waals surface area (Å²) >= 11 is 17.3. The minimum atomic E-state index is -0.195. The molecule has 0 atom stereocenters. The molecule has 0 spiro atoms. The highest BCUT2D eigenvalue weighted by molar-refractivity contribution is 6.30. The van der Waals surface area contributed by atoms with Gasteiger partial charge in [0.25, 0.3) is 5.56 Å². The van der Waals surface area contributed by atoms with Gasteiger partial charge in [-0.05, 0) is 44.2 Å². The Bertz CT molecular complexity index is 1220. The summed E-state index contributed by atoms with van der Waals surface area (Å²) < 4.78 is 0. The summed E-state index contributed by atoms with van der Waals surface area (Å²) in [6, 6.07) is 13.6. The van der Waals surface area contributed by atoms with Crippen molar-refractivity contribution in [2.45, 2.75) is 13.8 Å². The molecule has 4 heterocycles. The number of aromatic amines is 1. The predicted octanol–water partition coefficient (Wildman–Crippen LogP) is 4.95. The minimum Gasteiger partial charge on any atom is -0.305 e. The minimum absolute atomic E-state index is 0.195. The van der Waals surface area contributed by atoms with Crippen LogP contribution in [-0.4, -0.2) is 29.9 Å². The molecule has 0 saturated heterocycles. The molecule has 10 heteroatoms. The lowest BCUT2D eigenvalue weighted by Gasteiger charge is -2.01. The average Bonchev–Trinajstić information content (AvgIpc) is 2.67. The van der Waals surface area contributed by atoms with Crippen LogP contribution in [0.2, 0.25) is 15.5 Å². The van der Waals surface area contributed by atoms with Crippen molar-refractivity contribution >= 4 is 34.8 Å². The van der Waals surface area contributed by atoms with Gasteiger partial charge < -0.3 is 4.98 Å². The van der Waals surface area contributed by atoms with Crippen molar-refractivity contribution in [3.63, 3.8) is 0 Å². The topological polar surface area (TPSA) is 97.3 Å². The average molecular weight is 462 g/mol. The molecule has 0 unspecified atom stereocenters. The van der Waals surface area contributed by atoms with Crippen LogP contribution in [0, 0.1) is 13.8 Å². The van der Waals surface area contributed by atoms with Crippen LogP contribution in [-0.2, 0) is 0 Å². The van der Waals surface area contributed by atoms with Crippen molar-refractivity contribution in [1.29, 1.82) is 0 Å². The van der Waals surface area contributed by atoms with Gasteiger partial charge in [-0.1, -0.05) is 46.9 Å². The number of pyridine rings is 2. The van der Waals surface area contributed by atoms with Crippen LogP contribution in [0.4, 0.5) is 0 Å². The van der Waals surface area contributed by atoms with Crippen LogP contribution in [0.1, 0.15) is 11.4 Å². The van der Waals surface area contributed by atoms with E-state index in [-0.39, 0.29) is 5.56 Å². The Kier molecular flexibility index (Phi) is 7.10. The highest BCUT2D eigenvalue weighted by Crippen LogP contribution is 2.17. The van der Waals surface area contributed by atoms with Gasteiger partial charge in [0.1, 0.15) is 26.8 Å². The highest BCUT2D eigenvalue weighted by atomic mass is 35.5. The molecule has 4 aromatic heterocycles. The molecule has 152 valence electrons. The number of halogens is 3. The summed E-state index contributed by atoms with van der Waals surface area (Å²) in [7, 11) is 0. The number of aryl methyl sites for hydroxylation is 2. The van der Waals surface area contributed by atoms with Crippen LogP contribution in [0.5, 0.6) is 0 Å². The Balaban J connectivity index is 0.000000171. The van der Waals surface area contributed by atoms with Crippen molar-refractivity contribution in [2.75, 3.05) is 0 Å². The highest BCUT2D eigenvalue weighted by Gasteiger charge is 2.06. The summed E-state index contributed by atoms with van der Waals surface area (Å²) in [5, 5.41) is 1.18. The number of rotatable bonds is 2. The van der Waals surface area contributed by atoms with Gasteiger partial charge in [0.2, 0.25) is 0 Å². The molecule has 4 rings (SSSR count). The fourth-order valence-corrected chi connectivity index (χ4v) is 2.98. The van der Waals surface area contributed by atoms with Crippen LogP contribution < -0.4 is 5.56 Å². The molecule has 0 bridgehead atoms. The maximum Gasteiger partial charge on any atom is 0.251 e. The lowest BCUT2D eigenvalue weighted by molar-refractivity contribution is 1.06. The first-order valence-corrected chi connectivity index (χ1v) is 9.78. The number of nitrogens with one attached hydrogen (secondary N) is 1. The normalized spacial score (nSPS) is 10.3. The Hall–Kier alpha value is -2.87. The molecule has 1 N–H and O–H groups in total. The van der Waals surface area contributed by atoms with Crippen molar-refractivity contribution in [1.82, 2.24) is 29.9 Å². The largest absolute Gasteiger partial charge is 0.305 e. The van der Waals surface area contributed by atoms with Gasteiger partial charge in [-0.15, -0.1) is 0 Å². The molecular weight excluding hydrogens is 447 g/mol. The molecule has 0 aliphatic carbocycles. The Morgan fingerprint density at radius 1 is 0.700 bits per heavy atom. The third-order valence-corrected chi connectivity index (χ3v) is 4.21. The zero-order valence-corrected chi connectivity index (χ0v) is 18.2. The summed E-state index contributed by atoms with van der Waals surface area (Å²) in [6.07, 6.45) is 0. The van der Waals surface area contributed by atoms with E-state index in [1.54, 1.807) is 49.4 Å². The number of H-pyrrole nitrogens is 1. The van der Waals surface area contributed by atoms with E-state index in [9.17, 15) is 4.79 Å². The summed E-state index contributed by atoms with van der Waals surface area (Å²) in [5.41, 5.74) is 2.43. The third kappa shape index (κ3) is 6.06. The van der Waals surface area contributed by atoms with E-state index in [4.69, 9.17) is 34.8 Å². The molecule has 7 nitrogen and oxygen atoms in total. The molecular formula is C20H15Cl3N6O. The molecule has 0 radical (unpaired) electrons. The van der Waals surface area contributed by atoms with Gasteiger partial charge in [-0.3, -0.25) is 4.79 Å². The second-order valence-electron chi connectivity index (χ2n) is 6.08. The van der Waals surface area contributed by atoms with E-state index in [1.807, 2.05) is 6.92 Å². The maximum atomic E-state index is 11.2. The fraction of sp³-hybridized carbons (Fsp3) is 0.100. The van der Waals surface area contributed by atoms with Crippen LogP contribution >= 0.6 is 34.8 Å². The van der Waals surface area contributed by atoms with Crippen molar-refractivity contribution in [3.8, 4) is 23.0 Å². The van der Waals surface area contributed by atoms with E-state index in [0.29, 0.717) is 44.2 Å². The standard InChI is InChI=1S/C10H7Cl2N3.C10H8ClN3O/c1-6-5-9(12)15-10(13-6)7-3-2-4-8(11)14-7;1-6-5-9(15)14-10(12-6)7-3-2-4-8(11)13-7/h2-5H,1H3;2-5H,1H3,(H,12,14,15). The third-order valence-electron chi connectivity index (χ3n) is 3.59. The van der Waals surface area contributed by atoms with Gasteiger partial charge in [0, 0.05) is 17.5 Å². The maximum absolute atomic E-state index is 11.2. The van der Waals surface area contributed by atoms with E-state index >= 15 is 0 Å². The number of hydrogen-bond acceptors (Lipinski definition) is 6. The Labute approximate surface area is 187 Å². The smallest absolute Gasteiger partial charge is 0.251 e.